The van der Waals surface area contributed by atoms with Crippen molar-refractivity contribution in [1.29, 1.82) is 5.26 Å². The number of hydrogen-bond acceptors (Lipinski definition) is 14. The molecule has 6 atom stereocenters. The summed E-state index contributed by atoms with van der Waals surface area (Å²) in [6.07, 6.45) is 3.12. The van der Waals surface area contributed by atoms with Crippen LogP contribution in [-0.2, 0) is 25.6 Å². The maximum atomic E-state index is 14.9. The molecule has 3 heterocycles. The number of benzene rings is 3. The Morgan fingerprint density at radius 3 is 2.07 bits per heavy atom. The number of fused-ring (bicyclic) bond motifs is 5. The summed E-state index contributed by atoms with van der Waals surface area (Å²) in [6.45, 7) is 10.5. The average molecular weight is 956 g/mol. The lowest BCUT2D eigenvalue weighted by molar-refractivity contribution is -0.142. The van der Waals surface area contributed by atoms with Crippen molar-refractivity contribution in [3.05, 3.63) is 88.7 Å². The molecule has 4 bridgehead atoms. The largest absolute Gasteiger partial charge is 0.492 e. The Labute approximate surface area is 411 Å². The molecule has 0 radical (unpaired) electrons. The zero-order valence-corrected chi connectivity index (χ0v) is 41.5. The molecular weight excluding hydrogens is 887 g/mol. The van der Waals surface area contributed by atoms with E-state index in [0.717, 1.165) is 24.1 Å². The molecule has 70 heavy (non-hydrogen) atoms. The van der Waals surface area contributed by atoms with E-state index in [-0.39, 0.29) is 82.9 Å². The number of carbonyl (C=O) groups excluding carboxylic acids is 5. The van der Waals surface area contributed by atoms with E-state index in [1.165, 1.54) is 18.4 Å². The molecule has 4 aromatic rings. The van der Waals surface area contributed by atoms with Crippen molar-refractivity contribution in [1.82, 2.24) is 20.2 Å². The van der Waals surface area contributed by atoms with Crippen molar-refractivity contribution < 1.29 is 33.4 Å². The van der Waals surface area contributed by atoms with E-state index < -0.39 is 41.5 Å². The third-order valence-corrected chi connectivity index (χ3v) is 13.5. The third kappa shape index (κ3) is 12.4. The number of hydrogen-bond donors (Lipinski definition) is 4. The maximum absolute atomic E-state index is 14.9. The number of amides is 2. The Kier molecular flexibility index (Phi) is 18.4. The Hall–Kier alpha value is -6.54. The second-order valence-electron chi connectivity index (χ2n) is 18.8. The van der Waals surface area contributed by atoms with Gasteiger partial charge < -0.3 is 41.8 Å². The third-order valence-electron chi connectivity index (χ3n) is 13.5. The van der Waals surface area contributed by atoms with Crippen LogP contribution < -0.4 is 36.9 Å². The van der Waals surface area contributed by atoms with Gasteiger partial charge in [-0.2, -0.15) is 5.26 Å². The number of ketones is 3. The first-order chi connectivity index (χ1) is 33.6. The number of aryl methyl sites for hydroxylation is 2. The summed E-state index contributed by atoms with van der Waals surface area (Å²) in [4.78, 5) is 84.8. The van der Waals surface area contributed by atoms with Crippen LogP contribution in [0.2, 0.25) is 0 Å². The molecule has 6 rings (SSSR count). The van der Waals surface area contributed by atoms with Gasteiger partial charge in [0, 0.05) is 92.1 Å². The van der Waals surface area contributed by atoms with E-state index in [9.17, 15) is 29.2 Å². The van der Waals surface area contributed by atoms with E-state index in [2.05, 4.69) is 36.2 Å². The molecule has 2 aliphatic heterocycles. The first-order valence-electron chi connectivity index (χ1n) is 24.5. The standard InChI is InChI=1S/C54H69N9O7/c1-32-27-47(66)51(39-15-19-49(70-26-24-58)43(30-39)42-28-37(12-18-48(42)69-25-23-57)29-44(61-53(32)67)45(64)11-8-21-55)62(6)54(68)40(20-22-56)31-46(65)50-35(4)59-52(60-36(50)5)38-13-16-41(17-14-38)63-33(2)9-7-10-34(63)3/h12-19,28,30,32-34,40,44,51H,7-11,20,22-27,29,31,56-58H2,1-6H3,(H,61,67)/t32-,33-,34+,40-,44+,51+/m1/s1. The highest BCUT2D eigenvalue weighted by atomic mass is 16.5. The molecule has 1 saturated heterocycles. The minimum atomic E-state index is -1.24. The summed E-state index contributed by atoms with van der Waals surface area (Å²) in [5.74, 6) is -2.66. The second kappa shape index (κ2) is 24.3. The van der Waals surface area contributed by atoms with Gasteiger partial charge in [-0.15, -0.1) is 0 Å². The molecular formula is C54H69N9O7. The average Bonchev–Trinajstić information content (AvgIpc) is 3.33. The lowest BCUT2D eigenvalue weighted by atomic mass is 9.88. The Bertz CT molecular complexity index is 2540. The number of piperidine rings is 1. The van der Waals surface area contributed by atoms with Crippen LogP contribution in [0.25, 0.3) is 22.5 Å². The summed E-state index contributed by atoms with van der Waals surface area (Å²) in [5.41, 5.74) is 23.3. The van der Waals surface area contributed by atoms with E-state index in [1.54, 1.807) is 51.1 Å². The first-order valence-corrected chi connectivity index (χ1v) is 24.5. The number of aromatic nitrogens is 2. The molecule has 0 aliphatic carbocycles. The van der Waals surface area contributed by atoms with Crippen molar-refractivity contribution in [2.24, 2.45) is 29.0 Å². The summed E-state index contributed by atoms with van der Waals surface area (Å²) in [6, 6.07) is 19.4. The molecule has 2 amide bonds. The zero-order chi connectivity index (χ0) is 50.6. The molecule has 16 nitrogen and oxygen atoms in total. The van der Waals surface area contributed by atoms with Gasteiger partial charge in [-0.1, -0.05) is 19.1 Å². The van der Waals surface area contributed by atoms with Crippen LogP contribution in [0.4, 0.5) is 5.69 Å². The number of nitrogens with one attached hydrogen (secondary N) is 1. The monoisotopic (exact) mass is 956 g/mol. The van der Waals surface area contributed by atoms with Gasteiger partial charge in [0.25, 0.3) is 0 Å². The van der Waals surface area contributed by atoms with Gasteiger partial charge in [-0.3, -0.25) is 24.0 Å². The number of Topliss-reactive ketones (excluding diaryl/α,β-unsaturated/α-hetero) is 3. The van der Waals surface area contributed by atoms with Crippen LogP contribution in [0, 0.1) is 37.0 Å². The summed E-state index contributed by atoms with van der Waals surface area (Å²) < 4.78 is 12.3. The molecule has 7 N–H and O–H groups in total. The highest BCUT2D eigenvalue weighted by Crippen LogP contribution is 2.41. The molecule has 0 spiro atoms. The second-order valence-corrected chi connectivity index (χ2v) is 18.8. The molecule has 16 heteroatoms. The van der Waals surface area contributed by atoms with Crippen molar-refractivity contribution in [2.45, 2.75) is 117 Å². The van der Waals surface area contributed by atoms with Gasteiger partial charge in [0.2, 0.25) is 11.8 Å². The Morgan fingerprint density at radius 1 is 0.857 bits per heavy atom. The minimum absolute atomic E-state index is 0.0316. The van der Waals surface area contributed by atoms with Crippen LogP contribution in [0.15, 0.2) is 60.7 Å². The van der Waals surface area contributed by atoms with Crippen LogP contribution in [0.3, 0.4) is 0 Å². The summed E-state index contributed by atoms with van der Waals surface area (Å²) >= 11 is 0. The number of nitriles is 1. The molecule has 0 unspecified atom stereocenters. The van der Waals surface area contributed by atoms with Gasteiger partial charge in [0.05, 0.1) is 29.1 Å². The van der Waals surface area contributed by atoms with Gasteiger partial charge in [0.1, 0.15) is 30.8 Å². The highest BCUT2D eigenvalue weighted by molar-refractivity contribution is 6.01. The topological polar surface area (TPSA) is 250 Å². The SMILES string of the molecule is Cc1nc(-c2ccc(N3[C@H](C)CCC[C@@H]3C)cc2)nc(C)c1C(=O)C[C@@H](CCN)C(=O)N(C)[C@@H]1C(=O)C[C@@H](C)C(=O)N[C@H](C(=O)CCC#N)Cc2ccc(OCCN)c(c2)-c2cc1ccc2OCCN. The fourth-order valence-electron chi connectivity index (χ4n) is 9.93. The molecule has 1 aromatic heterocycles. The lowest BCUT2D eigenvalue weighted by Crippen LogP contribution is -2.46. The molecule has 1 fully saturated rings. The van der Waals surface area contributed by atoms with Crippen LogP contribution in [0.1, 0.15) is 111 Å². The van der Waals surface area contributed by atoms with Gasteiger partial charge in [-0.05, 0) is 126 Å². The highest BCUT2D eigenvalue weighted by Gasteiger charge is 2.37. The number of nitrogens with zero attached hydrogens (tertiary/aromatic N) is 5. The van der Waals surface area contributed by atoms with Crippen molar-refractivity contribution in [3.8, 4) is 40.1 Å². The number of likely N-dealkylation sites (N-methyl/N-ethyl adjacent to an activating group) is 1. The fraction of sp³-hybridized carbons (Fsp3) is 0.481. The summed E-state index contributed by atoms with van der Waals surface area (Å²) in [7, 11) is 1.51. The quantitative estimate of drug-likeness (QED) is 0.0821. The van der Waals surface area contributed by atoms with Crippen molar-refractivity contribution in [3.63, 3.8) is 0 Å². The molecule has 2 aliphatic rings. The fourth-order valence-corrected chi connectivity index (χ4v) is 9.93. The van der Waals surface area contributed by atoms with E-state index >= 15 is 0 Å². The predicted molar refractivity (Wildman–Crippen MR) is 269 cm³/mol. The molecule has 3 aromatic carbocycles. The van der Waals surface area contributed by atoms with Crippen LogP contribution >= 0.6 is 0 Å². The van der Waals surface area contributed by atoms with E-state index in [4.69, 9.17) is 36.6 Å². The lowest BCUT2D eigenvalue weighted by Gasteiger charge is -2.41. The van der Waals surface area contributed by atoms with Gasteiger partial charge in [-0.25, -0.2) is 9.97 Å². The molecule has 372 valence electrons. The number of anilines is 1. The van der Waals surface area contributed by atoms with Gasteiger partial charge in [0.15, 0.2) is 23.2 Å². The van der Waals surface area contributed by atoms with Crippen molar-refractivity contribution in [2.75, 3.05) is 44.8 Å². The number of nitrogens with two attached hydrogens (primary N) is 3. The van der Waals surface area contributed by atoms with E-state index in [0.29, 0.717) is 68.6 Å². The zero-order valence-electron chi connectivity index (χ0n) is 41.5. The number of rotatable bonds is 18. The van der Waals surface area contributed by atoms with Crippen molar-refractivity contribution >= 4 is 34.9 Å². The molecule has 0 saturated carbocycles. The van der Waals surface area contributed by atoms with Crippen LogP contribution in [-0.4, -0.2) is 102 Å². The predicted octanol–water partition coefficient (Wildman–Crippen LogP) is 6.12. The normalized spacial score (nSPS) is 19.8. The van der Waals surface area contributed by atoms with Gasteiger partial charge >= 0.3 is 0 Å². The number of ether oxygens (including phenoxy) is 2. The van der Waals surface area contributed by atoms with Crippen LogP contribution in [0.5, 0.6) is 11.5 Å². The Balaban J connectivity index is 1.35. The number of carbonyl (C=O) groups is 5. The smallest absolute Gasteiger partial charge is 0.226 e. The Morgan fingerprint density at radius 2 is 1.47 bits per heavy atom. The maximum Gasteiger partial charge on any atom is 0.226 e. The first kappa shape index (κ1) is 52.8. The van der Waals surface area contributed by atoms with E-state index in [1.807, 2.05) is 24.3 Å². The minimum Gasteiger partial charge on any atom is -0.492 e. The summed E-state index contributed by atoms with van der Waals surface area (Å²) in [5, 5.41) is 12.1.